The lowest BCUT2D eigenvalue weighted by Gasteiger charge is -2.28. The van der Waals surface area contributed by atoms with E-state index in [0.717, 1.165) is 20.5 Å². The number of barbiturate groups is 1. The molecule has 0 saturated carbocycles. The van der Waals surface area contributed by atoms with Gasteiger partial charge in [0.15, 0.2) is 0 Å². The van der Waals surface area contributed by atoms with Gasteiger partial charge >= 0.3 is 6.03 Å². The van der Waals surface area contributed by atoms with Gasteiger partial charge in [-0.05, 0) is 47.9 Å². The van der Waals surface area contributed by atoms with Crippen molar-refractivity contribution < 1.29 is 19.1 Å². The molecule has 3 aromatic rings. The molecule has 33 heavy (non-hydrogen) atoms. The Labute approximate surface area is 200 Å². The summed E-state index contributed by atoms with van der Waals surface area (Å²) in [5.41, 5.74) is 2.68. The number of anilines is 1. The number of imide groups is 2. The van der Waals surface area contributed by atoms with Crippen molar-refractivity contribution >= 4 is 45.5 Å². The summed E-state index contributed by atoms with van der Waals surface area (Å²) in [6, 6.07) is 21.2. The van der Waals surface area contributed by atoms with Crippen molar-refractivity contribution in [2.45, 2.75) is 20.0 Å². The molecule has 0 aliphatic carbocycles. The Bertz CT molecular complexity index is 1250. The number of hydrogen-bond donors (Lipinski definition) is 1. The summed E-state index contributed by atoms with van der Waals surface area (Å²) in [6.07, 6.45) is 2.09. The highest BCUT2D eigenvalue weighted by molar-refractivity contribution is 9.10. The monoisotopic (exact) mass is 504 g/mol. The quantitative estimate of drug-likeness (QED) is 0.367. The number of ether oxygens (including phenoxy) is 1. The van der Waals surface area contributed by atoms with E-state index in [2.05, 4.69) is 21.2 Å². The zero-order valence-corrected chi connectivity index (χ0v) is 19.5. The molecule has 7 heteroatoms. The van der Waals surface area contributed by atoms with E-state index in [1.165, 1.54) is 6.08 Å². The number of halogens is 1. The molecule has 0 aromatic heterocycles. The van der Waals surface area contributed by atoms with Crippen LogP contribution in [0, 0.1) is 0 Å². The van der Waals surface area contributed by atoms with Gasteiger partial charge in [-0.25, -0.2) is 9.69 Å². The van der Waals surface area contributed by atoms with Crippen LogP contribution in [0.5, 0.6) is 5.75 Å². The van der Waals surface area contributed by atoms with Crippen molar-refractivity contribution in [3.63, 3.8) is 0 Å². The first-order chi connectivity index (χ1) is 16.0. The third-order valence-corrected chi connectivity index (χ3v) is 5.77. The number of aryl methyl sites for hydroxylation is 1. The second-order valence-electron chi connectivity index (χ2n) is 7.39. The van der Waals surface area contributed by atoms with Gasteiger partial charge in [-0.3, -0.25) is 14.9 Å². The normalized spacial score (nSPS) is 15.0. The number of rotatable bonds is 6. The lowest BCUT2D eigenvalue weighted by molar-refractivity contribution is -0.122. The molecule has 1 aliphatic rings. The third-order valence-electron chi connectivity index (χ3n) is 5.24. The minimum absolute atomic E-state index is 0.139. The third kappa shape index (κ3) is 4.88. The fourth-order valence-corrected chi connectivity index (χ4v) is 3.80. The van der Waals surface area contributed by atoms with Crippen LogP contribution in [0.2, 0.25) is 0 Å². The highest BCUT2D eigenvalue weighted by Gasteiger charge is 2.37. The largest absolute Gasteiger partial charge is 0.488 e. The Morgan fingerprint density at radius 1 is 0.939 bits per heavy atom. The maximum atomic E-state index is 13.3. The van der Waals surface area contributed by atoms with E-state index in [1.54, 1.807) is 30.3 Å². The van der Waals surface area contributed by atoms with Gasteiger partial charge in [0.05, 0.1) is 5.69 Å². The molecule has 166 valence electrons. The Kier molecular flexibility index (Phi) is 6.70. The predicted octanol–water partition coefficient (Wildman–Crippen LogP) is 5.26. The van der Waals surface area contributed by atoms with E-state index < -0.39 is 17.8 Å². The molecule has 4 rings (SSSR count). The molecule has 0 unspecified atom stereocenters. The van der Waals surface area contributed by atoms with E-state index in [1.807, 2.05) is 49.4 Å². The minimum Gasteiger partial charge on any atom is -0.488 e. The Hall–Kier alpha value is -3.71. The molecule has 1 heterocycles. The van der Waals surface area contributed by atoms with E-state index in [-0.39, 0.29) is 5.57 Å². The van der Waals surface area contributed by atoms with Crippen molar-refractivity contribution in [2.75, 3.05) is 4.90 Å². The van der Waals surface area contributed by atoms with Crippen LogP contribution in [0.4, 0.5) is 10.5 Å². The Morgan fingerprint density at radius 2 is 1.64 bits per heavy atom. The molecule has 0 radical (unpaired) electrons. The summed E-state index contributed by atoms with van der Waals surface area (Å²) in [5, 5.41) is 2.28. The minimum atomic E-state index is -0.761. The smallest absolute Gasteiger partial charge is 0.335 e. The number of nitrogens with one attached hydrogen (secondary N) is 1. The van der Waals surface area contributed by atoms with Gasteiger partial charge in [0.25, 0.3) is 11.8 Å². The summed E-state index contributed by atoms with van der Waals surface area (Å²) in [7, 11) is 0. The van der Waals surface area contributed by atoms with Gasteiger partial charge in [-0.1, -0.05) is 71.4 Å². The number of urea groups is 1. The van der Waals surface area contributed by atoms with Crippen molar-refractivity contribution in [3.8, 4) is 5.75 Å². The average molecular weight is 505 g/mol. The summed E-state index contributed by atoms with van der Waals surface area (Å²) in [6.45, 7) is 2.26. The number of amides is 4. The van der Waals surface area contributed by atoms with Gasteiger partial charge in [0.1, 0.15) is 17.9 Å². The Morgan fingerprint density at radius 3 is 2.39 bits per heavy atom. The maximum Gasteiger partial charge on any atom is 0.335 e. The van der Waals surface area contributed by atoms with Gasteiger partial charge in [0, 0.05) is 10.0 Å². The van der Waals surface area contributed by atoms with Gasteiger partial charge in [0.2, 0.25) is 0 Å². The standard InChI is InChI=1S/C26H21BrN2O4/c1-2-18-7-3-5-9-22(18)29-25(31)21(24(30)28-26(29)32)15-19-8-4-6-10-23(19)33-16-17-11-13-20(27)14-12-17/h3-15H,2,16H2,1H3,(H,28,30,32)/b21-15-. The van der Waals surface area contributed by atoms with Crippen LogP contribution in [0.3, 0.4) is 0 Å². The van der Waals surface area contributed by atoms with Crippen molar-refractivity contribution in [1.29, 1.82) is 0 Å². The van der Waals surface area contributed by atoms with Crippen LogP contribution >= 0.6 is 15.9 Å². The second kappa shape index (κ2) is 9.83. The first kappa shape index (κ1) is 22.5. The lowest BCUT2D eigenvalue weighted by atomic mass is 10.0. The number of para-hydroxylation sites is 2. The molecular weight excluding hydrogens is 484 g/mol. The molecular formula is C26H21BrN2O4. The summed E-state index contributed by atoms with van der Waals surface area (Å²) in [4.78, 5) is 39.4. The topological polar surface area (TPSA) is 75.7 Å². The predicted molar refractivity (Wildman–Crippen MR) is 130 cm³/mol. The molecule has 1 aliphatic heterocycles. The molecule has 1 fully saturated rings. The van der Waals surface area contributed by atoms with Gasteiger partial charge in [-0.2, -0.15) is 0 Å². The fourth-order valence-electron chi connectivity index (χ4n) is 3.53. The van der Waals surface area contributed by atoms with E-state index in [9.17, 15) is 14.4 Å². The number of carbonyl (C=O) groups is 3. The highest BCUT2D eigenvalue weighted by atomic mass is 79.9. The van der Waals surface area contributed by atoms with Crippen LogP contribution in [-0.4, -0.2) is 17.8 Å². The fraction of sp³-hybridized carbons (Fsp3) is 0.115. The van der Waals surface area contributed by atoms with E-state index in [0.29, 0.717) is 30.0 Å². The number of benzene rings is 3. The van der Waals surface area contributed by atoms with Crippen LogP contribution in [0.25, 0.3) is 6.08 Å². The average Bonchev–Trinajstić information content (AvgIpc) is 2.82. The van der Waals surface area contributed by atoms with Crippen LogP contribution < -0.4 is 15.0 Å². The first-order valence-electron chi connectivity index (χ1n) is 10.4. The molecule has 3 aromatic carbocycles. The highest BCUT2D eigenvalue weighted by Crippen LogP contribution is 2.28. The molecule has 6 nitrogen and oxygen atoms in total. The number of carbonyl (C=O) groups excluding carboxylic acids is 3. The molecule has 1 N–H and O–H groups in total. The summed E-state index contributed by atoms with van der Waals surface area (Å²) in [5.74, 6) is -0.892. The van der Waals surface area contributed by atoms with Crippen molar-refractivity contribution in [1.82, 2.24) is 5.32 Å². The molecule has 1 saturated heterocycles. The van der Waals surface area contributed by atoms with Crippen LogP contribution in [0.1, 0.15) is 23.6 Å². The number of nitrogens with zero attached hydrogens (tertiary/aromatic N) is 1. The first-order valence-corrected chi connectivity index (χ1v) is 11.2. The zero-order chi connectivity index (χ0) is 23.4. The van der Waals surface area contributed by atoms with E-state index in [4.69, 9.17) is 4.74 Å². The molecule has 0 spiro atoms. The maximum absolute atomic E-state index is 13.3. The molecule has 0 bridgehead atoms. The summed E-state index contributed by atoms with van der Waals surface area (Å²) < 4.78 is 6.93. The van der Waals surface area contributed by atoms with Crippen molar-refractivity contribution in [3.05, 3.63) is 99.5 Å². The molecule has 4 amide bonds. The second-order valence-corrected chi connectivity index (χ2v) is 8.31. The van der Waals surface area contributed by atoms with Crippen molar-refractivity contribution in [2.24, 2.45) is 0 Å². The number of hydrogen-bond acceptors (Lipinski definition) is 4. The van der Waals surface area contributed by atoms with Gasteiger partial charge < -0.3 is 4.74 Å². The SMILES string of the molecule is CCc1ccccc1N1C(=O)NC(=O)/C(=C/c2ccccc2OCc2ccc(Br)cc2)C1=O. The van der Waals surface area contributed by atoms with Crippen LogP contribution in [0.15, 0.2) is 82.8 Å². The zero-order valence-electron chi connectivity index (χ0n) is 17.9. The lowest BCUT2D eigenvalue weighted by Crippen LogP contribution is -2.54. The van der Waals surface area contributed by atoms with Gasteiger partial charge in [-0.15, -0.1) is 0 Å². The van der Waals surface area contributed by atoms with Crippen LogP contribution in [-0.2, 0) is 22.6 Å². The summed E-state index contributed by atoms with van der Waals surface area (Å²) >= 11 is 3.41. The Balaban J connectivity index is 1.65. The van der Waals surface area contributed by atoms with E-state index >= 15 is 0 Å². The molecule has 0 atom stereocenters.